The van der Waals surface area contributed by atoms with Crippen LogP contribution in [0.2, 0.25) is 0 Å². The molecule has 2 N–H and O–H groups in total. The summed E-state index contributed by atoms with van der Waals surface area (Å²) in [7, 11) is 3.58. The number of aromatic nitrogens is 3. The second kappa shape index (κ2) is 8.80. The molecule has 0 amide bonds. The lowest BCUT2D eigenvalue weighted by Crippen LogP contribution is -2.46. The summed E-state index contributed by atoms with van der Waals surface area (Å²) < 4.78 is 7.01. The van der Waals surface area contributed by atoms with Crippen LogP contribution in [-0.2, 0) is 11.3 Å². The molecule has 0 bridgehead atoms. The van der Waals surface area contributed by atoms with Crippen molar-refractivity contribution in [3.05, 3.63) is 42.5 Å². The van der Waals surface area contributed by atoms with Crippen molar-refractivity contribution in [1.29, 1.82) is 0 Å². The molecule has 1 saturated carbocycles. The molecule has 0 atom stereocenters. The molecule has 26 heavy (non-hydrogen) atoms. The lowest BCUT2D eigenvalue weighted by atomic mass is 9.67. The fraction of sp³-hybridized carbons (Fsp3) is 0.526. The molecule has 0 spiro atoms. The van der Waals surface area contributed by atoms with Gasteiger partial charge in [0.15, 0.2) is 5.96 Å². The van der Waals surface area contributed by atoms with Crippen LogP contribution in [0.4, 0.5) is 0 Å². The van der Waals surface area contributed by atoms with Crippen LogP contribution in [0.15, 0.2) is 41.9 Å². The second-order valence-electron chi connectivity index (χ2n) is 6.88. The fourth-order valence-electron chi connectivity index (χ4n) is 3.30. The zero-order chi connectivity index (χ0) is 18.2. The number of methoxy groups -OCH3 is 1. The summed E-state index contributed by atoms with van der Waals surface area (Å²) >= 11 is 0. The molecule has 7 nitrogen and oxygen atoms in total. The Labute approximate surface area is 154 Å². The van der Waals surface area contributed by atoms with Gasteiger partial charge < -0.3 is 15.4 Å². The molecule has 1 fully saturated rings. The van der Waals surface area contributed by atoms with Gasteiger partial charge >= 0.3 is 0 Å². The first-order chi connectivity index (χ1) is 12.7. The number of guanidine groups is 1. The SMILES string of the molecule is CN=C(NCc1ccc(-n2cncn2)cc1)NCC1(CCOC)CCC1. The number of hydrogen-bond donors (Lipinski definition) is 2. The van der Waals surface area contributed by atoms with Gasteiger partial charge in [-0.2, -0.15) is 5.10 Å². The fourth-order valence-corrected chi connectivity index (χ4v) is 3.30. The molecule has 1 aliphatic rings. The van der Waals surface area contributed by atoms with E-state index in [-0.39, 0.29) is 0 Å². The van der Waals surface area contributed by atoms with Gasteiger partial charge in [0.2, 0.25) is 0 Å². The molecular formula is C19H28N6O. The van der Waals surface area contributed by atoms with Crippen LogP contribution in [0.5, 0.6) is 0 Å². The maximum atomic E-state index is 5.26. The number of ether oxygens (including phenoxy) is 1. The minimum Gasteiger partial charge on any atom is -0.385 e. The second-order valence-corrected chi connectivity index (χ2v) is 6.88. The van der Waals surface area contributed by atoms with E-state index in [0.717, 1.165) is 37.8 Å². The van der Waals surface area contributed by atoms with E-state index in [1.807, 2.05) is 19.2 Å². The van der Waals surface area contributed by atoms with Crippen LogP contribution < -0.4 is 10.6 Å². The van der Waals surface area contributed by atoms with Crippen LogP contribution >= 0.6 is 0 Å². The van der Waals surface area contributed by atoms with Crippen molar-refractivity contribution >= 4 is 5.96 Å². The Balaban J connectivity index is 1.48. The van der Waals surface area contributed by atoms with Crippen LogP contribution in [0.25, 0.3) is 5.69 Å². The Morgan fingerprint density at radius 1 is 1.27 bits per heavy atom. The average molecular weight is 356 g/mol. The Hall–Kier alpha value is -2.41. The molecule has 2 aromatic rings. The van der Waals surface area contributed by atoms with E-state index in [1.165, 1.54) is 31.2 Å². The van der Waals surface area contributed by atoms with Gasteiger partial charge in [0, 0.05) is 33.9 Å². The van der Waals surface area contributed by atoms with Crippen molar-refractivity contribution in [3.63, 3.8) is 0 Å². The number of hydrogen-bond acceptors (Lipinski definition) is 4. The molecular weight excluding hydrogens is 328 g/mol. The number of nitrogens with zero attached hydrogens (tertiary/aromatic N) is 4. The third kappa shape index (κ3) is 4.60. The number of aliphatic imine (C=N–C) groups is 1. The summed E-state index contributed by atoms with van der Waals surface area (Å²) in [6, 6.07) is 8.25. The minimum absolute atomic E-state index is 0.368. The van der Waals surface area contributed by atoms with Gasteiger partial charge in [-0.15, -0.1) is 0 Å². The van der Waals surface area contributed by atoms with E-state index >= 15 is 0 Å². The molecule has 1 aromatic carbocycles. The van der Waals surface area contributed by atoms with E-state index in [1.54, 1.807) is 18.1 Å². The molecule has 0 saturated heterocycles. The van der Waals surface area contributed by atoms with Crippen molar-refractivity contribution in [2.75, 3.05) is 27.3 Å². The maximum Gasteiger partial charge on any atom is 0.191 e. The smallest absolute Gasteiger partial charge is 0.191 e. The molecule has 1 aliphatic carbocycles. The normalized spacial score (nSPS) is 16.2. The Morgan fingerprint density at radius 3 is 2.65 bits per heavy atom. The molecule has 0 unspecified atom stereocenters. The Morgan fingerprint density at radius 2 is 2.08 bits per heavy atom. The Kier molecular flexibility index (Phi) is 6.22. The number of nitrogens with one attached hydrogen (secondary N) is 2. The summed E-state index contributed by atoms with van der Waals surface area (Å²) in [6.07, 6.45) is 8.19. The molecule has 7 heteroatoms. The van der Waals surface area contributed by atoms with Gasteiger partial charge in [-0.3, -0.25) is 4.99 Å². The molecule has 1 aromatic heterocycles. The van der Waals surface area contributed by atoms with Gasteiger partial charge in [0.25, 0.3) is 0 Å². The summed E-state index contributed by atoms with van der Waals surface area (Å²) in [5.74, 6) is 0.842. The quantitative estimate of drug-likeness (QED) is 0.560. The highest BCUT2D eigenvalue weighted by Gasteiger charge is 2.36. The van der Waals surface area contributed by atoms with E-state index in [0.29, 0.717) is 5.41 Å². The lowest BCUT2D eigenvalue weighted by molar-refractivity contribution is 0.0732. The zero-order valence-corrected chi connectivity index (χ0v) is 15.6. The van der Waals surface area contributed by atoms with Crippen LogP contribution in [0.1, 0.15) is 31.2 Å². The highest BCUT2D eigenvalue weighted by molar-refractivity contribution is 5.79. The molecule has 0 radical (unpaired) electrons. The van der Waals surface area contributed by atoms with E-state index in [2.05, 4.69) is 37.8 Å². The van der Waals surface area contributed by atoms with E-state index < -0.39 is 0 Å². The number of benzene rings is 1. The van der Waals surface area contributed by atoms with Crippen molar-refractivity contribution in [2.45, 2.75) is 32.2 Å². The van der Waals surface area contributed by atoms with Gasteiger partial charge in [-0.1, -0.05) is 18.6 Å². The predicted molar refractivity (Wildman–Crippen MR) is 102 cm³/mol. The highest BCUT2D eigenvalue weighted by Crippen LogP contribution is 2.43. The van der Waals surface area contributed by atoms with Gasteiger partial charge in [0.1, 0.15) is 12.7 Å². The standard InChI is InChI=1S/C19H28N6O/c1-20-18(23-13-19(8-3-9-19)10-11-26-2)22-12-16-4-6-17(7-5-16)25-15-21-14-24-25/h4-7,14-15H,3,8-13H2,1-2H3,(H2,20,22,23). The molecule has 1 heterocycles. The van der Waals surface area contributed by atoms with E-state index in [9.17, 15) is 0 Å². The zero-order valence-electron chi connectivity index (χ0n) is 15.6. The third-order valence-corrected chi connectivity index (χ3v) is 5.18. The van der Waals surface area contributed by atoms with E-state index in [4.69, 9.17) is 4.74 Å². The maximum absolute atomic E-state index is 5.26. The summed E-state index contributed by atoms with van der Waals surface area (Å²) in [6.45, 7) is 2.50. The van der Waals surface area contributed by atoms with Crippen LogP contribution in [0, 0.1) is 5.41 Å². The van der Waals surface area contributed by atoms with Gasteiger partial charge in [0.05, 0.1) is 5.69 Å². The van der Waals surface area contributed by atoms with Gasteiger partial charge in [-0.05, 0) is 42.4 Å². The Bertz CT molecular complexity index is 691. The summed E-state index contributed by atoms with van der Waals surface area (Å²) in [5, 5.41) is 11.0. The molecule has 140 valence electrons. The van der Waals surface area contributed by atoms with Crippen molar-refractivity contribution < 1.29 is 4.74 Å². The largest absolute Gasteiger partial charge is 0.385 e. The first-order valence-electron chi connectivity index (χ1n) is 9.12. The summed E-state index contributed by atoms with van der Waals surface area (Å²) in [4.78, 5) is 8.31. The number of rotatable bonds is 8. The first-order valence-corrected chi connectivity index (χ1v) is 9.12. The lowest BCUT2D eigenvalue weighted by Gasteiger charge is -2.42. The first kappa shape index (κ1) is 18.4. The highest BCUT2D eigenvalue weighted by atomic mass is 16.5. The predicted octanol–water partition coefficient (Wildman–Crippen LogP) is 2.14. The monoisotopic (exact) mass is 356 g/mol. The minimum atomic E-state index is 0.368. The average Bonchev–Trinajstić information content (AvgIpc) is 3.18. The van der Waals surface area contributed by atoms with Crippen LogP contribution in [0.3, 0.4) is 0 Å². The van der Waals surface area contributed by atoms with Crippen LogP contribution in [-0.4, -0.2) is 48.0 Å². The topological polar surface area (TPSA) is 76.4 Å². The third-order valence-electron chi connectivity index (χ3n) is 5.18. The summed E-state index contributed by atoms with van der Waals surface area (Å²) in [5.41, 5.74) is 2.56. The van der Waals surface area contributed by atoms with Crippen molar-refractivity contribution in [3.8, 4) is 5.69 Å². The van der Waals surface area contributed by atoms with Crippen molar-refractivity contribution in [1.82, 2.24) is 25.4 Å². The van der Waals surface area contributed by atoms with Crippen molar-refractivity contribution in [2.24, 2.45) is 10.4 Å². The van der Waals surface area contributed by atoms with Gasteiger partial charge in [-0.25, -0.2) is 9.67 Å². The molecule has 0 aliphatic heterocycles. The molecule has 3 rings (SSSR count).